The smallest absolute Gasteiger partial charge is 0.0639 e. The minimum absolute atomic E-state index is 0.201. The molecule has 8 heavy (non-hydrogen) atoms. The van der Waals surface area contributed by atoms with Gasteiger partial charge in [-0.3, -0.25) is 0 Å². The summed E-state index contributed by atoms with van der Waals surface area (Å²) in [6.45, 7) is 3.54. The second kappa shape index (κ2) is 5.32. The predicted molar refractivity (Wildman–Crippen MR) is 39.2 cm³/mol. The van der Waals surface area contributed by atoms with Gasteiger partial charge in [-0.2, -0.15) is 0 Å². The second-order valence-corrected chi connectivity index (χ2v) is 2.32. The average Bonchev–Trinajstić information content (AvgIpc) is 1.83. The lowest BCUT2D eigenvalue weighted by molar-refractivity contribution is 0.192. The van der Waals surface area contributed by atoms with Gasteiger partial charge >= 0.3 is 0 Å². The molecule has 0 spiro atoms. The fourth-order valence-corrected chi connectivity index (χ4v) is 0.711. The molecule has 0 aromatic rings. The summed E-state index contributed by atoms with van der Waals surface area (Å²) in [6, 6.07) is 0. The molecule has 1 nitrogen and oxygen atoms in total. The highest BCUT2D eigenvalue weighted by Gasteiger charge is 1.96. The van der Waals surface area contributed by atoms with E-state index in [4.69, 9.17) is 5.11 Å². The van der Waals surface area contributed by atoms with Crippen LogP contribution in [0.4, 0.5) is 0 Å². The maximum atomic E-state index is 8.89. The van der Waals surface area contributed by atoms with Gasteiger partial charge in [0.2, 0.25) is 0 Å². The third-order valence-corrected chi connectivity index (χ3v) is 1.63. The van der Waals surface area contributed by atoms with Crippen LogP contribution in [-0.2, 0) is 0 Å². The Balaban J connectivity index is 2.97. The van der Waals surface area contributed by atoms with E-state index in [0.29, 0.717) is 5.33 Å². The topological polar surface area (TPSA) is 20.2 Å². The van der Waals surface area contributed by atoms with E-state index in [1.54, 1.807) is 0 Å². The lowest BCUT2D eigenvalue weighted by atomic mass is 10.2. The molecule has 0 fully saturated rings. The third kappa shape index (κ3) is 4.34. The highest BCUT2D eigenvalue weighted by molar-refractivity contribution is 9.09. The first-order valence-corrected chi connectivity index (χ1v) is 3.78. The quantitative estimate of drug-likeness (QED) is 0.514. The van der Waals surface area contributed by atoms with Gasteiger partial charge in [-0.15, -0.1) is 6.58 Å². The van der Waals surface area contributed by atoms with Crippen LogP contribution in [0.15, 0.2) is 12.7 Å². The van der Waals surface area contributed by atoms with Crippen LogP contribution in [0.1, 0.15) is 12.8 Å². The summed E-state index contributed by atoms with van der Waals surface area (Å²) in [5.41, 5.74) is 0. The molecule has 0 aliphatic rings. The number of allylic oxidation sites excluding steroid dienone is 1. The molecule has 0 saturated carbocycles. The maximum Gasteiger partial charge on any atom is 0.0639 e. The molecule has 0 aromatic carbocycles. The van der Waals surface area contributed by atoms with Crippen LogP contribution in [0.25, 0.3) is 0 Å². The molecule has 0 heterocycles. The average molecular weight is 179 g/mol. The van der Waals surface area contributed by atoms with E-state index in [-0.39, 0.29) is 6.10 Å². The van der Waals surface area contributed by atoms with Crippen LogP contribution >= 0.6 is 15.9 Å². The zero-order valence-corrected chi connectivity index (χ0v) is 6.39. The fraction of sp³-hybridized carbons (Fsp3) is 0.667. The third-order valence-electron chi connectivity index (χ3n) is 0.882. The highest BCUT2D eigenvalue weighted by Crippen LogP contribution is 1.99. The fourth-order valence-electron chi connectivity index (χ4n) is 0.387. The maximum absolute atomic E-state index is 8.89. The zero-order chi connectivity index (χ0) is 6.41. The van der Waals surface area contributed by atoms with Crippen molar-refractivity contribution in [2.75, 3.05) is 5.33 Å². The van der Waals surface area contributed by atoms with Crippen molar-refractivity contribution in [1.29, 1.82) is 0 Å². The van der Waals surface area contributed by atoms with E-state index < -0.39 is 0 Å². The van der Waals surface area contributed by atoms with Crippen molar-refractivity contribution >= 4 is 15.9 Å². The Hall–Kier alpha value is 0.180. The molecule has 0 aliphatic carbocycles. The van der Waals surface area contributed by atoms with Crippen LogP contribution in [0, 0.1) is 0 Å². The molecule has 1 atom stereocenters. The molecule has 0 bridgehead atoms. The first-order chi connectivity index (χ1) is 3.81. The Kier molecular flexibility index (Phi) is 5.44. The largest absolute Gasteiger partial charge is 0.392 e. The SMILES string of the molecule is C=CCC[C@H](O)CBr. The molecule has 1 N–H and O–H groups in total. The standard InChI is InChI=1S/C6H11BrO/c1-2-3-4-6(8)5-7/h2,6,8H,1,3-5H2/t6-/m0/s1. The molecule has 0 radical (unpaired) electrons. The molecular weight excluding hydrogens is 168 g/mol. The summed E-state index contributed by atoms with van der Waals surface area (Å²) in [5.74, 6) is 0. The van der Waals surface area contributed by atoms with Gasteiger partial charge in [0.1, 0.15) is 0 Å². The Morgan fingerprint density at radius 2 is 2.38 bits per heavy atom. The predicted octanol–water partition coefficient (Wildman–Crippen LogP) is 1.71. The summed E-state index contributed by atoms with van der Waals surface area (Å²) in [5, 5.41) is 9.56. The molecule has 0 saturated heterocycles. The summed E-state index contributed by atoms with van der Waals surface area (Å²) in [7, 11) is 0. The van der Waals surface area contributed by atoms with Crippen LogP contribution < -0.4 is 0 Å². The lowest BCUT2D eigenvalue weighted by Crippen LogP contribution is -2.05. The van der Waals surface area contributed by atoms with Crippen LogP contribution in [0.3, 0.4) is 0 Å². The minimum Gasteiger partial charge on any atom is -0.392 e. The van der Waals surface area contributed by atoms with E-state index in [0.717, 1.165) is 12.8 Å². The van der Waals surface area contributed by atoms with Gasteiger partial charge in [0.15, 0.2) is 0 Å². The number of aliphatic hydroxyl groups excluding tert-OH is 1. The van der Waals surface area contributed by atoms with Crippen molar-refractivity contribution in [3.05, 3.63) is 12.7 Å². The minimum atomic E-state index is -0.201. The van der Waals surface area contributed by atoms with Crippen LogP contribution in [0.2, 0.25) is 0 Å². The van der Waals surface area contributed by atoms with Crippen molar-refractivity contribution in [2.24, 2.45) is 0 Å². The number of aliphatic hydroxyl groups is 1. The van der Waals surface area contributed by atoms with Gasteiger partial charge in [-0.05, 0) is 12.8 Å². The highest BCUT2D eigenvalue weighted by atomic mass is 79.9. The Morgan fingerprint density at radius 3 is 2.75 bits per heavy atom. The van der Waals surface area contributed by atoms with Gasteiger partial charge in [-0.25, -0.2) is 0 Å². The lowest BCUT2D eigenvalue weighted by Gasteiger charge is -2.01. The van der Waals surface area contributed by atoms with Gasteiger partial charge in [0.05, 0.1) is 6.10 Å². The van der Waals surface area contributed by atoms with Crippen molar-refractivity contribution < 1.29 is 5.11 Å². The molecule has 2 heteroatoms. The van der Waals surface area contributed by atoms with E-state index in [9.17, 15) is 0 Å². The van der Waals surface area contributed by atoms with E-state index in [2.05, 4.69) is 22.5 Å². The monoisotopic (exact) mass is 178 g/mol. The second-order valence-electron chi connectivity index (χ2n) is 1.67. The van der Waals surface area contributed by atoms with E-state index in [1.165, 1.54) is 0 Å². The molecule has 0 aromatic heterocycles. The summed E-state index contributed by atoms with van der Waals surface area (Å²) < 4.78 is 0. The molecule has 0 unspecified atom stereocenters. The van der Waals surface area contributed by atoms with Gasteiger partial charge in [0.25, 0.3) is 0 Å². The van der Waals surface area contributed by atoms with Crippen molar-refractivity contribution in [1.82, 2.24) is 0 Å². The number of rotatable bonds is 4. The van der Waals surface area contributed by atoms with Crippen molar-refractivity contribution in [2.45, 2.75) is 18.9 Å². The summed E-state index contributed by atoms with van der Waals surface area (Å²) in [4.78, 5) is 0. The Bertz CT molecular complexity index is 63.5. The molecule has 48 valence electrons. The number of hydrogen-bond donors (Lipinski definition) is 1. The van der Waals surface area contributed by atoms with Crippen molar-refractivity contribution in [3.63, 3.8) is 0 Å². The van der Waals surface area contributed by atoms with Crippen LogP contribution in [0.5, 0.6) is 0 Å². The summed E-state index contributed by atoms with van der Waals surface area (Å²) >= 11 is 3.16. The Morgan fingerprint density at radius 1 is 1.75 bits per heavy atom. The first kappa shape index (κ1) is 8.18. The molecule has 0 rings (SSSR count). The molecule has 0 amide bonds. The van der Waals surface area contributed by atoms with Gasteiger partial charge in [0, 0.05) is 5.33 Å². The Labute approximate surface area is 58.5 Å². The van der Waals surface area contributed by atoms with Gasteiger partial charge < -0.3 is 5.11 Å². The normalized spacial score (nSPS) is 13.2. The number of halogens is 1. The molecule has 0 aliphatic heterocycles. The zero-order valence-electron chi connectivity index (χ0n) is 4.81. The number of alkyl halides is 1. The first-order valence-electron chi connectivity index (χ1n) is 2.66. The van der Waals surface area contributed by atoms with Gasteiger partial charge in [-0.1, -0.05) is 22.0 Å². The van der Waals surface area contributed by atoms with Crippen molar-refractivity contribution in [3.8, 4) is 0 Å². The molecular formula is C6H11BrO. The van der Waals surface area contributed by atoms with E-state index in [1.807, 2.05) is 6.08 Å². The van der Waals surface area contributed by atoms with Crippen LogP contribution in [-0.4, -0.2) is 16.5 Å². The van der Waals surface area contributed by atoms with E-state index >= 15 is 0 Å². The summed E-state index contributed by atoms with van der Waals surface area (Å²) in [6.07, 6.45) is 3.32. The number of hydrogen-bond acceptors (Lipinski definition) is 1.